The fourth-order valence-electron chi connectivity index (χ4n) is 1.82. The van der Waals surface area contributed by atoms with Crippen molar-refractivity contribution < 1.29 is 4.39 Å². The van der Waals surface area contributed by atoms with Crippen molar-refractivity contribution in [3.8, 4) is 0 Å². The maximum absolute atomic E-state index is 13.9. The minimum Gasteiger partial charge on any atom is -0.332 e. The van der Waals surface area contributed by atoms with Gasteiger partial charge < -0.3 is 10.6 Å². The quantitative estimate of drug-likeness (QED) is 0.589. The molecule has 0 amide bonds. The first-order valence-corrected chi connectivity index (χ1v) is 8.16. The Morgan fingerprint density at radius 2 is 1.86 bits per heavy atom. The monoisotopic (exact) mass is 430 g/mol. The molecule has 0 heterocycles. The smallest absolute Gasteiger partial charge is 0.175 e. The molecule has 0 saturated heterocycles. The zero-order valence-electron chi connectivity index (χ0n) is 11.4. The Hall–Kier alpha value is -0.980. The molecule has 0 aliphatic heterocycles. The second-order valence-corrected chi connectivity index (χ2v) is 6.75. The van der Waals surface area contributed by atoms with Crippen LogP contribution in [0.25, 0.3) is 0 Å². The van der Waals surface area contributed by atoms with Crippen LogP contribution in [0.1, 0.15) is 11.1 Å². The summed E-state index contributed by atoms with van der Waals surface area (Å²) in [5.41, 5.74) is 3.48. The second-order valence-electron chi connectivity index (χ2n) is 4.57. The molecule has 0 radical (unpaired) electrons. The average Bonchev–Trinajstić information content (AvgIpc) is 2.39. The Balaban J connectivity index is 2.18. The first-order valence-electron chi connectivity index (χ1n) is 6.17. The molecular formula is C15H13Br2FN2S. The minimum atomic E-state index is -0.388. The number of nitrogens with one attached hydrogen (secondary N) is 2. The van der Waals surface area contributed by atoms with Gasteiger partial charge in [0.1, 0.15) is 5.82 Å². The third kappa shape index (κ3) is 4.02. The molecule has 0 aliphatic rings. The van der Waals surface area contributed by atoms with E-state index < -0.39 is 0 Å². The number of thiocarbonyl (C=S) groups is 1. The Labute approximate surface area is 145 Å². The lowest BCUT2D eigenvalue weighted by Gasteiger charge is -2.15. The van der Waals surface area contributed by atoms with E-state index in [0.717, 1.165) is 11.3 Å². The fourth-order valence-corrected chi connectivity index (χ4v) is 3.30. The molecule has 0 saturated carbocycles. The van der Waals surface area contributed by atoms with Crippen molar-refractivity contribution in [1.29, 1.82) is 0 Å². The van der Waals surface area contributed by atoms with Crippen LogP contribution >= 0.6 is 44.1 Å². The molecule has 2 rings (SSSR count). The maximum Gasteiger partial charge on any atom is 0.175 e. The van der Waals surface area contributed by atoms with Gasteiger partial charge in [-0.15, -0.1) is 0 Å². The van der Waals surface area contributed by atoms with Gasteiger partial charge in [-0.1, -0.05) is 28.1 Å². The second kappa shape index (κ2) is 6.85. The van der Waals surface area contributed by atoms with E-state index in [1.165, 1.54) is 11.6 Å². The van der Waals surface area contributed by atoms with Gasteiger partial charge in [0.05, 0.1) is 5.69 Å². The van der Waals surface area contributed by atoms with Gasteiger partial charge in [0.25, 0.3) is 0 Å². The molecule has 0 fully saturated rings. The van der Waals surface area contributed by atoms with E-state index in [4.69, 9.17) is 12.2 Å². The van der Waals surface area contributed by atoms with Gasteiger partial charge in [0, 0.05) is 14.6 Å². The van der Waals surface area contributed by atoms with Gasteiger partial charge in [-0.3, -0.25) is 0 Å². The summed E-state index contributed by atoms with van der Waals surface area (Å²) in [4.78, 5) is 0. The highest BCUT2D eigenvalue weighted by Gasteiger charge is 2.11. The SMILES string of the molecule is Cc1cccc(NC(=S)Nc2c(F)cc(Br)cc2Br)c1C. The van der Waals surface area contributed by atoms with E-state index in [1.807, 2.05) is 32.0 Å². The molecule has 0 aliphatic carbocycles. The van der Waals surface area contributed by atoms with Crippen molar-refractivity contribution in [3.63, 3.8) is 0 Å². The van der Waals surface area contributed by atoms with Gasteiger partial charge in [-0.25, -0.2) is 4.39 Å². The van der Waals surface area contributed by atoms with Crippen molar-refractivity contribution in [1.82, 2.24) is 0 Å². The molecule has 0 bridgehead atoms. The molecule has 2 nitrogen and oxygen atoms in total. The van der Waals surface area contributed by atoms with E-state index in [1.54, 1.807) is 6.07 Å². The molecule has 110 valence electrons. The lowest BCUT2D eigenvalue weighted by molar-refractivity contribution is 0.630. The standard InChI is InChI=1S/C15H13Br2FN2S/c1-8-4-3-5-13(9(8)2)19-15(21)20-14-11(17)6-10(16)7-12(14)18/h3-7H,1-2H3,(H2,19,20,21). The van der Waals surface area contributed by atoms with Crippen molar-refractivity contribution in [3.05, 3.63) is 56.2 Å². The van der Waals surface area contributed by atoms with Gasteiger partial charge in [0.15, 0.2) is 5.11 Å². The molecule has 0 aromatic heterocycles. The predicted molar refractivity (Wildman–Crippen MR) is 97.6 cm³/mol. The minimum absolute atomic E-state index is 0.306. The molecule has 21 heavy (non-hydrogen) atoms. The number of anilines is 2. The summed E-state index contributed by atoms with van der Waals surface area (Å²) in [7, 11) is 0. The normalized spacial score (nSPS) is 10.3. The van der Waals surface area contributed by atoms with Crippen LogP contribution in [0.2, 0.25) is 0 Å². The summed E-state index contributed by atoms with van der Waals surface area (Å²) in [5.74, 6) is -0.388. The van der Waals surface area contributed by atoms with Gasteiger partial charge >= 0.3 is 0 Å². The summed E-state index contributed by atoms with van der Waals surface area (Å²) in [6.07, 6.45) is 0. The maximum atomic E-state index is 13.9. The van der Waals surface area contributed by atoms with E-state index in [9.17, 15) is 4.39 Å². The van der Waals surface area contributed by atoms with Gasteiger partial charge in [-0.2, -0.15) is 0 Å². The highest BCUT2D eigenvalue weighted by molar-refractivity contribution is 9.11. The summed E-state index contributed by atoms with van der Waals surface area (Å²) in [6, 6.07) is 9.05. The van der Waals surface area contributed by atoms with Crippen molar-refractivity contribution in [2.45, 2.75) is 13.8 Å². The fraction of sp³-hybridized carbons (Fsp3) is 0.133. The number of halogens is 3. The molecule has 0 unspecified atom stereocenters. The average molecular weight is 432 g/mol. The summed E-state index contributed by atoms with van der Waals surface area (Å²) < 4.78 is 15.2. The highest BCUT2D eigenvalue weighted by Crippen LogP contribution is 2.30. The van der Waals surface area contributed by atoms with Crippen LogP contribution in [0.5, 0.6) is 0 Å². The van der Waals surface area contributed by atoms with Gasteiger partial charge in [0.2, 0.25) is 0 Å². The molecule has 0 spiro atoms. The third-order valence-electron chi connectivity index (χ3n) is 3.10. The van der Waals surface area contributed by atoms with Crippen LogP contribution in [-0.2, 0) is 0 Å². The Bertz CT molecular complexity index is 681. The Morgan fingerprint density at radius 1 is 1.14 bits per heavy atom. The van der Waals surface area contributed by atoms with E-state index in [2.05, 4.69) is 42.5 Å². The Morgan fingerprint density at radius 3 is 2.52 bits per heavy atom. The number of aryl methyl sites for hydroxylation is 1. The van der Waals surface area contributed by atoms with Gasteiger partial charge in [-0.05, 0) is 71.3 Å². The molecule has 2 N–H and O–H groups in total. The molecule has 2 aromatic carbocycles. The summed E-state index contributed by atoms with van der Waals surface area (Å²) >= 11 is 11.8. The molecule has 6 heteroatoms. The number of benzene rings is 2. The lowest BCUT2D eigenvalue weighted by atomic mass is 10.1. The molecule has 0 atom stereocenters. The van der Waals surface area contributed by atoms with E-state index in [0.29, 0.717) is 19.7 Å². The van der Waals surface area contributed by atoms with Crippen molar-refractivity contribution in [2.75, 3.05) is 10.6 Å². The largest absolute Gasteiger partial charge is 0.332 e. The van der Waals surface area contributed by atoms with E-state index in [-0.39, 0.29) is 5.82 Å². The predicted octanol–water partition coefficient (Wildman–Crippen LogP) is 5.78. The van der Waals surface area contributed by atoms with E-state index >= 15 is 0 Å². The highest BCUT2D eigenvalue weighted by atomic mass is 79.9. The molecular weight excluding hydrogens is 419 g/mol. The zero-order chi connectivity index (χ0) is 15.6. The van der Waals surface area contributed by atoms with Crippen molar-refractivity contribution >= 4 is 60.6 Å². The van der Waals surface area contributed by atoms with Crippen LogP contribution in [-0.4, -0.2) is 5.11 Å². The lowest BCUT2D eigenvalue weighted by Crippen LogP contribution is -2.20. The van der Waals surface area contributed by atoms with Crippen LogP contribution in [0.15, 0.2) is 39.3 Å². The topological polar surface area (TPSA) is 24.1 Å². The zero-order valence-corrected chi connectivity index (χ0v) is 15.4. The van der Waals surface area contributed by atoms with Crippen LogP contribution in [0.3, 0.4) is 0 Å². The number of hydrogen-bond donors (Lipinski definition) is 2. The van der Waals surface area contributed by atoms with Crippen molar-refractivity contribution in [2.24, 2.45) is 0 Å². The first kappa shape index (κ1) is 16.4. The Kier molecular flexibility index (Phi) is 5.35. The van der Waals surface area contributed by atoms with Crippen LogP contribution in [0, 0.1) is 19.7 Å². The van der Waals surface area contributed by atoms with Crippen LogP contribution < -0.4 is 10.6 Å². The third-order valence-corrected chi connectivity index (χ3v) is 4.39. The van der Waals surface area contributed by atoms with Crippen LogP contribution in [0.4, 0.5) is 15.8 Å². The summed E-state index contributed by atoms with van der Waals surface area (Å²) in [5, 5.41) is 6.31. The first-order chi connectivity index (χ1) is 9.88. The number of rotatable bonds is 2. The molecule has 2 aromatic rings. The summed E-state index contributed by atoms with van der Waals surface area (Å²) in [6.45, 7) is 4.04. The number of hydrogen-bond acceptors (Lipinski definition) is 1.